The molecule has 0 bridgehead atoms. The summed E-state index contributed by atoms with van der Waals surface area (Å²) in [5.41, 5.74) is 5.08. The molecule has 0 saturated heterocycles. The van der Waals surface area contributed by atoms with Gasteiger partial charge in [-0.2, -0.15) is 0 Å². The Labute approximate surface area is 145 Å². The molecule has 3 aromatic rings. The van der Waals surface area contributed by atoms with Gasteiger partial charge in [-0.3, -0.25) is 0 Å². The van der Waals surface area contributed by atoms with E-state index in [0.717, 1.165) is 12.8 Å². The van der Waals surface area contributed by atoms with Crippen LogP contribution in [0.3, 0.4) is 0 Å². The van der Waals surface area contributed by atoms with E-state index in [4.69, 9.17) is 0 Å². The summed E-state index contributed by atoms with van der Waals surface area (Å²) < 4.78 is 0. The van der Waals surface area contributed by atoms with Gasteiger partial charge in [-0.1, -0.05) is 96.6 Å². The minimum absolute atomic E-state index is 0.150. The standard InChI is InChI=1S/C24H24/c1-20(2)18-19-24(21-12-6-3-7-13-21,22-14-8-4-9-15-22)23-16-10-5-11-17-23/h3-17H,1,18-19H2,2H3. The van der Waals surface area contributed by atoms with Crippen LogP contribution in [0, 0.1) is 0 Å². The van der Waals surface area contributed by atoms with Crippen molar-refractivity contribution in [1.82, 2.24) is 0 Å². The van der Waals surface area contributed by atoms with Gasteiger partial charge in [0.15, 0.2) is 0 Å². The fraction of sp³-hybridized carbons (Fsp3) is 0.167. The molecule has 0 aromatic heterocycles. The molecular formula is C24H24. The quantitative estimate of drug-likeness (QED) is 0.366. The first-order valence-electron chi connectivity index (χ1n) is 8.54. The first kappa shape index (κ1) is 16.3. The molecule has 0 heterocycles. The highest BCUT2D eigenvalue weighted by Gasteiger charge is 2.35. The maximum absolute atomic E-state index is 4.14. The van der Waals surface area contributed by atoms with E-state index in [1.54, 1.807) is 0 Å². The molecule has 3 rings (SSSR count). The summed E-state index contributed by atoms with van der Waals surface area (Å²) in [4.78, 5) is 0. The van der Waals surface area contributed by atoms with Gasteiger partial charge in [0.25, 0.3) is 0 Å². The van der Waals surface area contributed by atoms with E-state index < -0.39 is 0 Å². The van der Waals surface area contributed by atoms with E-state index in [2.05, 4.69) is 104 Å². The predicted molar refractivity (Wildman–Crippen MR) is 103 cm³/mol. The monoisotopic (exact) mass is 312 g/mol. The average molecular weight is 312 g/mol. The van der Waals surface area contributed by atoms with Crippen molar-refractivity contribution in [1.29, 1.82) is 0 Å². The van der Waals surface area contributed by atoms with Crippen LogP contribution in [0.15, 0.2) is 103 Å². The molecule has 0 saturated carbocycles. The third-order valence-corrected chi connectivity index (χ3v) is 4.73. The first-order valence-corrected chi connectivity index (χ1v) is 8.54. The van der Waals surface area contributed by atoms with Crippen LogP contribution in [0.2, 0.25) is 0 Å². The molecule has 120 valence electrons. The topological polar surface area (TPSA) is 0 Å². The summed E-state index contributed by atoms with van der Waals surface area (Å²) in [6, 6.07) is 32.6. The molecule has 0 amide bonds. The lowest BCUT2D eigenvalue weighted by atomic mass is 9.66. The smallest absolute Gasteiger partial charge is 0.0454 e. The van der Waals surface area contributed by atoms with Crippen LogP contribution in [0.25, 0.3) is 0 Å². The first-order chi connectivity index (χ1) is 11.7. The SMILES string of the molecule is C=C(C)CCC(c1ccccc1)(c1ccccc1)c1ccccc1. The Bertz CT molecular complexity index is 673. The number of hydrogen-bond acceptors (Lipinski definition) is 0. The minimum Gasteiger partial charge on any atom is -0.100 e. The van der Waals surface area contributed by atoms with Gasteiger partial charge in [0.1, 0.15) is 0 Å². The molecule has 0 nitrogen and oxygen atoms in total. The summed E-state index contributed by atoms with van der Waals surface area (Å²) in [7, 11) is 0. The lowest BCUT2D eigenvalue weighted by molar-refractivity contribution is 0.558. The zero-order valence-corrected chi connectivity index (χ0v) is 14.3. The molecule has 0 heteroatoms. The van der Waals surface area contributed by atoms with Crippen molar-refractivity contribution >= 4 is 0 Å². The summed E-state index contributed by atoms with van der Waals surface area (Å²) in [5.74, 6) is 0. The van der Waals surface area contributed by atoms with Crippen LogP contribution in [-0.2, 0) is 5.41 Å². The van der Waals surface area contributed by atoms with Crippen molar-refractivity contribution in [3.8, 4) is 0 Å². The van der Waals surface area contributed by atoms with Crippen molar-refractivity contribution < 1.29 is 0 Å². The molecule has 0 N–H and O–H groups in total. The van der Waals surface area contributed by atoms with Crippen LogP contribution in [0.1, 0.15) is 36.5 Å². The van der Waals surface area contributed by atoms with Gasteiger partial charge < -0.3 is 0 Å². The van der Waals surface area contributed by atoms with Gasteiger partial charge in [-0.25, -0.2) is 0 Å². The normalized spacial score (nSPS) is 11.2. The van der Waals surface area contributed by atoms with Crippen molar-refractivity contribution in [3.63, 3.8) is 0 Å². The van der Waals surface area contributed by atoms with Gasteiger partial charge in [0, 0.05) is 5.41 Å². The number of hydrogen-bond donors (Lipinski definition) is 0. The average Bonchev–Trinajstić information content (AvgIpc) is 2.65. The molecule has 0 fully saturated rings. The van der Waals surface area contributed by atoms with Crippen LogP contribution < -0.4 is 0 Å². The highest BCUT2D eigenvalue weighted by Crippen LogP contribution is 2.43. The second-order valence-corrected chi connectivity index (χ2v) is 6.46. The Morgan fingerprint density at radius 1 is 0.667 bits per heavy atom. The van der Waals surface area contributed by atoms with Gasteiger partial charge >= 0.3 is 0 Å². The molecule has 0 aliphatic carbocycles. The van der Waals surface area contributed by atoms with Crippen molar-refractivity contribution in [2.75, 3.05) is 0 Å². The highest BCUT2D eigenvalue weighted by atomic mass is 14.4. The number of allylic oxidation sites excluding steroid dienone is 1. The Morgan fingerprint density at radius 2 is 1.00 bits per heavy atom. The molecule has 0 aliphatic rings. The van der Waals surface area contributed by atoms with E-state index in [1.165, 1.54) is 22.3 Å². The zero-order valence-electron chi connectivity index (χ0n) is 14.3. The highest BCUT2D eigenvalue weighted by molar-refractivity contribution is 5.50. The van der Waals surface area contributed by atoms with E-state index in [-0.39, 0.29) is 5.41 Å². The molecule has 0 unspecified atom stereocenters. The molecule has 0 spiro atoms. The summed E-state index contributed by atoms with van der Waals surface area (Å²) in [6.07, 6.45) is 2.01. The van der Waals surface area contributed by atoms with Crippen molar-refractivity contribution in [3.05, 3.63) is 120 Å². The van der Waals surface area contributed by atoms with Crippen LogP contribution in [0.5, 0.6) is 0 Å². The zero-order chi connectivity index (χ0) is 16.8. The Morgan fingerprint density at radius 3 is 1.29 bits per heavy atom. The summed E-state index contributed by atoms with van der Waals surface area (Å²) >= 11 is 0. The molecule has 0 radical (unpaired) electrons. The number of rotatable bonds is 6. The van der Waals surface area contributed by atoms with Crippen molar-refractivity contribution in [2.24, 2.45) is 0 Å². The van der Waals surface area contributed by atoms with Gasteiger partial charge in [-0.05, 0) is 36.5 Å². The third-order valence-electron chi connectivity index (χ3n) is 4.73. The molecule has 0 aliphatic heterocycles. The second kappa shape index (κ2) is 7.31. The predicted octanol–water partition coefficient (Wildman–Crippen LogP) is 6.38. The van der Waals surface area contributed by atoms with E-state index in [0.29, 0.717) is 0 Å². The minimum atomic E-state index is -0.150. The Hall–Kier alpha value is -2.60. The third kappa shape index (κ3) is 3.19. The molecule has 3 aromatic carbocycles. The van der Waals surface area contributed by atoms with Crippen LogP contribution in [-0.4, -0.2) is 0 Å². The molecule has 24 heavy (non-hydrogen) atoms. The lowest BCUT2D eigenvalue weighted by Gasteiger charge is -2.36. The van der Waals surface area contributed by atoms with Gasteiger partial charge in [0.2, 0.25) is 0 Å². The fourth-order valence-corrected chi connectivity index (χ4v) is 3.50. The molecule has 0 atom stereocenters. The summed E-state index contributed by atoms with van der Waals surface area (Å²) in [6.45, 7) is 6.26. The van der Waals surface area contributed by atoms with Crippen molar-refractivity contribution in [2.45, 2.75) is 25.2 Å². The largest absolute Gasteiger partial charge is 0.100 e. The Balaban J connectivity index is 2.26. The summed E-state index contributed by atoms with van der Waals surface area (Å²) in [5, 5.41) is 0. The van der Waals surface area contributed by atoms with E-state index in [9.17, 15) is 0 Å². The van der Waals surface area contributed by atoms with E-state index in [1.807, 2.05) is 0 Å². The second-order valence-electron chi connectivity index (χ2n) is 6.46. The lowest BCUT2D eigenvalue weighted by Crippen LogP contribution is -2.29. The number of benzene rings is 3. The van der Waals surface area contributed by atoms with Crippen LogP contribution >= 0.6 is 0 Å². The fourth-order valence-electron chi connectivity index (χ4n) is 3.50. The van der Waals surface area contributed by atoms with Gasteiger partial charge in [0.05, 0.1) is 0 Å². The maximum atomic E-state index is 4.14. The van der Waals surface area contributed by atoms with E-state index >= 15 is 0 Å². The molecular weight excluding hydrogens is 288 g/mol. The Kier molecular flexibility index (Phi) is 4.96. The maximum Gasteiger partial charge on any atom is 0.0454 e. The van der Waals surface area contributed by atoms with Crippen LogP contribution in [0.4, 0.5) is 0 Å². The van der Waals surface area contributed by atoms with Gasteiger partial charge in [-0.15, -0.1) is 6.58 Å².